The highest BCUT2D eigenvalue weighted by molar-refractivity contribution is 5.36. The van der Waals surface area contributed by atoms with Crippen LogP contribution in [0.25, 0.3) is 0 Å². The van der Waals surface area contributed by atoms with Crippen LogP contribution in [0.4, 0.5) is 0 Å². The number of phenolic OH excluding ortho intramolecular Hbond substituents is 1. The number of aromatic hydroxyl groups is 1. The number of ether oxygens (including phenoxy) is 1. The van der Waals surface area contributed by atoms with E-state index >= 15 is 0 Å². The molecule has 1 rings (SSSR count). The predicted octanol–water partition coefficient (Wildman–Crippen LogP) is 2.66. The Morgan fingerprint density at radius 2 is 2.15 bits per heavy atom. The van der Waals surface area contributed by atoms with E-state index in [2.05, 4.69) is 0 Å². The van der Waals surface area contributed by atoms with Gasteiger partial charge in [-0.1, -0.05) is 12.2 Å². The minimum absolute atomic E-state index is 0.246. The zero-order valence-corrected chi connectivity index (χ0v) is 7.95. The normalized spacial score (nSPS) is 10.6. The standard InChI is InChI=1S/C11H14O2/c1-3-4-5-13-11-7-9(2)6-10(12)8-11/h3-4,6-8,12H,5H2,1-2H3/b4-3+. The zero-order chi connectivity index (χ0) is 9.68. The largest absolute Gasteiger partial charge is 0.508 e. The molecule has 0 atom stereocenters. The van der Waals surface area contributed by atoms with Gasteiger partial charge in [-0.25, -0.2) is 0 Å². The summed E-state index contributed by atoms with van der Waals surface area (Å²) in [5, 5.41) is 9.25. The third kappa shape index (κ3) is 3.20. The van der Waals surface area contributed by atoms with Crippen molar-refractivity contribution in [2.45, 2.75) is 13.8 Å². The number of rotatable bonds is 3. The van der Waals surface area contributed by atoms with Gasteiger partial charge in [0.15, 0.2) is 0 Å². The van der Waals surface area contributed by atoms with Crippen LogP contribution in [0.5, 0.6) is 11.5 Å². The average Bonchev–Trinajstić information content (AvgIpc) is 2.03. The van der Waals surface area contributed by atoms with Crippen molar-refractivity contribution in [1.29, 1.82) is 0 Å². The van der Waals surface area contributed by atoms with Crippen molar-refractivity contribution in [3.05, 3.63) is 35.9 Å². The maximum absolute atomic E-state index is 9.25. The molecule has 1 aromatic carbocycles. The lowest BCUT2D eigenvalue weighted by Gasteiger charge is -2.04. The van der Waals surface area contributed by atoms with Gasteiger partial charge in [-0.3, -0.25) is 0 Å². The van der Waals surface area contributed by atoms with Gasteiger partial charge in [0.1, 0.15) is 18.1 Å². The summed E-state index contributed by atoms with van der Waals surface area (Å²) in [6, 6.07) is 5.20. The fourth-order valence-corrected chi connectivity index (χ4v) is 1.05. The second kappa shape index (κ2) is 4.55. The van der Waals surface area contributed by atoms with Gasteiger partial charge in [0, 0.05) is 6.07 Å². The number of phenols is 1. The van der Waals surface area contributed by atoms with Crippen LogP contribution in [0.1, 0.15) is 12.5 Å². The molecule has 1 N–H and O–H groups in total. The lowest BCUT2D eigenvalue weighted by molar-refractivity contribution is 0.359. The molecular weight excluding hydrogens is 164 g/mol. The summed E-state index contributed by atoms with van der Waals surface area (Å²) in [4.78, 5) is 0. The van der Waals surface area contributed by atoms with E-state index in [0.717, 1.165) is 5.56 Å². The van der Waals surface area contributed by atoms with Crippen molar-refractivity contribution < 1.29 is 9.84 Å². The number of aryl methyl sites for hydroxylation is 1. The molecule has 0 spiro atoms. The fourth-order valence-electron chi connectivity index (χ4n) is 1.05. The molecule has 0 heterocycles. The topological polar surface area (TPSA) is 29.5 Å². The Morgan fingerprint density at radius 1 is 1.38 bits per heavy atom. The molecule has 0 amide bonds. The van der Waals surface area contributed by atoms with Crippen molar-refractivity contribution in [1.82, 2.24) is 0 Å². The van der Waals surface area contributed by atoms with Gasteiger partial charge in [-0.2, -0.15) is 0 Å². The third-order valence-electron chi connectivity index (χ3n) is 1.62. The fraction of sp³-hybridized carbons (Fsp3) is 0.273. The van der Waals surface area contributed by atoms with Gasteiger partial charge in [0.25, 0.3) is 0 Å². The highest BCUT2D eigenvalue weighted by Crippen LogP contribution is 2.20. The van der Waals surface area contributed by atoms with Crippen LogP contribution < -0.4 is 4.74 Å². The predicted molar refractivity (Wildman–Crippen MR) is 53.2 cm³/mol. The smallest absolute Gasteiger partial charge is 0.123 e. The molecule has 13 heavy (non-hydrogen) atoms. The minimum atomic E-state index is 0.246. The Kier molecular flexibility index (Phi) is 3.38. The molecule has 0 aliphatic rings. The van der Waals surface area contributed by atoms with Gasteiger partial charge in [0.05, 0.1) is 0 Å². The number of hydrogen-bond donors (Lipinski definition) is 1. The zero-order valence-electron chi connectivity index (χ0n) is 7.95. The van der Waals surface area contributed by atoms with E-state index in [1.54, 1.807) is 12.1 Å². The molecule has 0 aliphatic heterocycles. The lowest BCUT2D eigenvalue weighted by atomic mass is 10.2. The maximum atomic E-state index is 9.25. The Morgan fingerprint density at radius 3 is 2.77 bits per heavy atom. The number of hydrogen-bond acceptors (Lipinski definition) is 2. The quantitative estimate of drug-likeness (QED) is 0.721. The second-order valence-electron chi connectivity index (χ2n) is 2.88. The summed E-state index contributed by atoms with van der Waals surface area (Å²) in [7, 11) is 0. The van der Waals surface area contributed by atoms with Crippen molar-refractivity contribution in [2.75, 3.05) is 6.61 Å². The van der Waals surface area contributed by atoms with Crippen molar-refractivity contribution >= 4 is 0 Å². The van der Waals surface area contributed by atoms with E-state index in [0.29, 0.717) is 12.4 Å². The molecule has 0 fully saturated rings. The van der Waals surface area contributed by atoms with Crippen LogP contribution >= 0.6 is 0 Å². The van der Waals surface area contributed by atoms with Crippen molar-refractivity contribution in [3.8, 4) is 11.5 Å². The summed E-state index contributed by atoms with van der Waals surface area (Å²) in [6.07, 6.45) is 3.84. The van der Waals surface area contributed by atoms with Crippen LogP contribution in [0.2, 0.25) is 0 Å². The molecule has 0 radical (unpaired) electrons. The van der Waals surface area contributed by atoms with Crippen LogP contribution in [0.15, 0.2) is 30.4 Å². The van der Waals surface area contributed by atoms with E-state index in [-0.39, 0.29) is 5.75 Å². The summed E-state index contributed by atoms with van der Waals surface area (Å²) in [6.45, 7) is 4.40. The average molecular weight is 178 g/mol. The molecule has 0 bridgehead atoms. The van der Waals surface area contributed by atoms with E-state index < -0.39 is 0 Å². The van der Waals surface area contributed by atoms with Gasteiger partial charge < -0.3 is 9.84 Å². The molecular formula is C11H14O2. The van der Waals surface area contributed by atoms with Crippen LogP contribution in [-0.2, 0) is 0 Å². The SMILES string of the molecule is C/C=C/COc1cc(C)cc(O)c1. The first-order chi connectivity index (χ1) is 6.22. The number of allylic oxidation sites excluding steroid dienone is 1. The molecule has 1 aromatic rings. The van der Waals surface area contributed by atoms with E-state index in [4.69, 9.17) is 4.74 Å². The Bertz CT molecular complexity index is 283. The van der Waals surface area contributed by atoms with Gasteiger partial charge in [0.2, 0.25) is 0 Å². The van der Waals surface area contributed by atoms with E-state index in [9.17, 15) is 5.11 Å². The second-order valence-corrected chi connectivity index (χ2v) is 2.88. The van der Waals surface area contributed by atoms with Crippen LogP contribution in [0.3, 0.4) is 0 Å². The maximum Gasteiger partial charge on any atom is 0.123 e. The molecule has 2 heteroatoms. The summed E-state index contributed by atoms with van der Waals surface area (Å²) in [5.41, 5.74) is 0.996. The first-order valence-electron chi connectivity index (χ1n) is 4.27. The van der Waals surface area contributed by atoms with Crippen LogP contribution in [0, 0.1) is 6.92 Å². The van der Waals surface area contributed by atoms with Gasteiger partial charge >= 0.3 is 0 Å². The van der Waals surface area contributed by atoms with Gasteiger partial charge in [-0.05, 0) is 31.5 Å². The molecule has 70 valence electrons. The van der Waals surface area contributed by atoms with Crippen molar-refractivity contribution in [3.63, 3.8) is 0 Å². The molecule has 0 saturated heterocycles. The molecule has 0 aromatic heterocycles. The summed E-state index contributed by atoms with van der Waals surface area (Å²) in [5.74, 6) is 0.950. The molecule has 2 nitrogen and oxygen atoms in total. The highest BCUT2D eigenvalue weighted by Gasteiger charge is 1.96. The highest BCUT2D eigenvalue weighted by atomic mass is 16.5. The first-order valence-corrected chi connectivity index (χ1v) is 4.27. The summed E-state index contributed by atoms with van der Waals surface area (Å²) >= 11 is 0. The Balaban J connectivity index is 2.66. The molecule has 0 aliphatic carbocycles. The summed E-state index contributed by atoms with van der Waals surface area (Å²) < 4.78 is 5.36. The molecule has 0 unspecified atom stereocenters. The Hall–Kier alpha value is -1.44. The van der Waals surface area contributed by atoms with Crippen molar-refractivity contribution in [2.24, 2.45) is 0 Å². The third-order valence-corrected chi connectivity index (χ3v) is 1.62. The minimum Gasteiger partial charge on any atom is -0.508 e. The van der Waals surface area contributed by atoms with E-state index in [1.165, 1.54) is 0 Å². The lowest BCUT2D eigenvalue weighted by Crippen LogP contribution is -1.93. The number of benzene rings is 1. The Labute approximate surface area is 78.5 Å². The monoisotopic (exact) mass is 178 g/mol. The van der Waals surface area contributed by atoms with Gasteiger partial charge in [-0.15, -0.1) is 0 Å². The van der Waals surface area contributed by atoms with Crippen LogP contribution in [-0.4, -0.2) is 11.7 Å². The molecule has 0 saturated carbocycles. The first kappa shape index (κ1) is 9.65. The van der Waals surface area contributed by atoms with E-state index in [1.807, 2.05) is 32.1 Å².